The van der Waals surface area contributed by atoms with Crippen molar-refractivity contribution in [2.24, 2.45) is 5.73 Å². The van der Waals surface area contributed by atoms with Crippen molar-refractivity contribution in [2.45, 2.75) is 51.5 Å². The van der Waals surface area contributed by atoms with Gasteiger partial charge in [-0.1, -0.05) is 0 Å². The molecule has 4 heterocycles. The van der Waals surface area contributed by atoms with Crippen molar-refractivity contribution in [3.05, 3.63) is 53.6 Å². The van der Waals surface area contributed by atoms with Gasteiger partial charge in [-0.3, -0.25) is 14.3 Å². The molecule has 3 N–H and O–H groups in total. The molecule has 15 heteroatoms. The number of hydrogen-bond donors (Lipinski definition) is 2. The number of pyridine rings is 1. The molecule has 1 aliphatic carbocycles. The van der Waals surface area contributed by atoms with Crippen LogP contribution in [-0.2, 0) is 21.0 Å². The Hall–Kier alpha value is -4.08. The van der Waals surface area contributed by atoms with Crippen molar-refractivity contribution in [1.29, 1.82) is 0 Å². The number of nitrogens with one attached hydrogen (secondary N) is 1. The van der Waals surface area contributed by atoms with Crippen LogP contribution in [0.3, 0.4) is 0 Å². The van der Waals surface area contributed by atoms with Crippen molar-refractivity contribution in [2.75, 3.05) is 18.5 Å². The van der Waals surface area contributed by atoms with E-state index in [4.69, 9.17) is 15.2 Å². The number of amides is 1. The van der Waals surface area contributed by atoms with Gasteiger partial charge in [0.05, 0.1) is 30.6 Å². The highest BCUT2D eigenvalue weighted by Gasteiger charge is 2.27. The Morgan fingerprint density at radius 2 is 1.95 bits per heavy atom. The van der Waals surface area contributed by atoms with Gasteiger partial charge in [0.1, 0.15) is 22.1 Å². The molecule has 0 aliphatic heterocycles. The van der Waals surface area contributed by atoms with Gasteiger partial charge in [0.15, 0.2) is 12.5 Å². The fourth-order valence-corrected chi connectivity index (χ4v) is 5.36. The van der Waals surface area contributed by atoms with Gasteiger partial charge in [0.2, 0.25) is 5.95 Å². The maximum absolute atomic E-state index is 14.7. The van der Waals surface area contributed by atoms with E-state index in [-0.39, 0.29) is 48.2 Å². The summed E-state index contributed by atoms with van der Waals surface area (Å²) in [6.45, 7) is 2.26. The lowest BCUT2D eigenvalue weighted by Crippen LogP contribution is -2.24. The Labute approximate surface area is 237 Å². The third-order valence-electron chi connectivity index (χ3n) is 6.58. The van der Waals surface area contributed by atoms with Crippen molar-refractivity contribution in [3.63, 3.8) is 0 Å². The average molecular weight is 587 g/mol. The summed E-state index contributed by atoms with van der Waals surface area (Å²) in [6.07, 6.45) is 8.19. The van der Waals surface area contributed by atoms with E-state index >= 15 is 0 Å². The number of rotatable bonds is 10. The number of nitrogens with two attached hydrogens (primary N) is 1. The maximum Gasteiger partial charge on any atom is 0.321 e. The number of esters is 1. The Bertz CT molecular complexity index is 1530. The Balaban J connectivity index is 1.36. The maximum atomic E-state index is 14.7. The first-order valence-electron chi connectivity index (χ1n) is 13.0. The van der Waals surface area contributed by atoms with Crippen LogP contribution in [0.25, 0.3) is 22.0 Å². The topological polar surface area (TPSA) is 152 Å². The van der Waals surface area contributed by atoms with Gasteiger partial charge in [0, 0.05) is 29.9 Å². The van der Waals surface area contributed by atoms with Crippen molar-refractivity contribution < 1.29 is 27.8 Å². The number of hydrogen-bond acceptors (Lipinski definition) is 10. The lowest BCUT2D eigenvalue weighted by atomic mass is 9.93. The van der Waals surface area contributed by atoms with E-state index in [1.54, 1.807) is 22.5 Å². The summed E-state index contributed by atoms with van der Waals surface area (Å²) in [7, 11) is 0. The molecule has 4 aromatic rings. The van der Waals surface area contributed by atoms with Crippen LogP contribution >= 0.6 is 11.3 Å². The van der Waals surface area contributed by atoms with Crippen molar-refractivity contribution >= 4 is 28.9 Å². The minimum absolute atomic E-state index is 0.000680. The van der Waals surface area contributed by atoms with Crippen molar-refractivity contribution in [1.82, 2.24) is 29.5 Å². The van der Waals surface area contributed by atoms with Crippen LogP contribution in [0.4, 0.5) is 14.5 Å². The van der Waals surface area contributed by atoms with Crippen LogP contribution in [-0.4, -0.2) is 60.7 Å². The summed E-state index contributed by atoms with van der Waals surface area (Å²) in [5, 5.41) is 13.5. The monoisotopic (exact) mass is 586 g/mol. The second kappa shape index (κ2) is 12.6. The summed E-state index contributed by atoms with van der Waals surface area (Å²) in [4.78, 5) is 32.6. The van der Waals surface area contributed by atoms with Crippen LogP contribution in [0.1, 0.15) is 49.1 Å². The second-order valence-corrected chi connectivity index (χ2v) is 10.2. The quantitative estimate of drug-likeness (QED) is 0.209. The van der Waals surface area contributed by atoms with E-state index in [0.29, 0.717) is 17.2 Å². The van der Waals surface area contributed by atoms with E-state index < -0.39 is 23.6 Å². The number of halogens is 2. The molecule has 5 rings (SSSR count). The van der Waals surface area contributed by atoms with Crippen LogP contribution in [0.2, 0.25) is 0 Å². The van der Waals surface area contributed by atoms with Crippen LogP contribution in [0.15, 0.2) is 36.1 Å². The largest absolute Gasteiger partial charge is 0.441 e. The van der Waals surface area contributed by atoms with E-state index in [0.717, 1.165) is 37.8 Å². The highest BCUT2D eigenvalue weighted by Crippen LogP contribution is 2.34. The lowest BCUT2D eigenvalue weighted by molar-refractivity contribution is -0.146. The fourth-order valence-electron chi connectivity index (χ4n) is 4.58. The Kier molecular flexibility index (Phi) is 8.75. The van der Waals surface area contributed by atoms with E-state index in [1.165, 1.54) is 22.2 Å². The summed E-state index contributed by atoms with van der Waals surface area (Å²) in [6, 6.07) is 1.89. The minimum atomic E-state index is -0.868. The number of carbonyl (C=O) groups excluding carboxylic acids is 2. The molecule has 1 aliphatic rings. The first-order valence-corrected chi connectivity index (χ1v) is 13.9. The number of aromatic nitrogens is 6. The normalized spacial score (nSPS) is 17.0. The zero-order chi connectivity index (χ0) is 28.9. The van der Waals surface area contributed by atoms with Gasteiger partial charge >= 0.3 is 5.97 Å². The molecular formula is C26H28F2N8O4S. The highest BCUT2D eigenvalue weighted by atomic mass is 32.1. The number of thiazole rings is 1. The predicted octanol–water partition coefficient (Wildman–Crippen LogP) is 3.78. The number of carbonyl (C=O) groups is 2. The standard InChI is InChI=1S/C26H28F2N8O4S/c1-2-39-17-5-3-16(4-6-17)36-12-19(24(34-36)23-18(27)7-8-21(28)33-23)31-25(38)20-13-41-26(32-20)15-10-30-35(11-15)14-40-22(37)9-29/h7-8,10-13,16-17H,2-6,9,14,29H2,1H3,(H,31,38). The van der Waals surface area contributed by atoms with Gasteiger partial charge in [-0.05, 0) is 44.7 Å². The Morgan fingerprint density at radius 1 is 1.15 bits per heavy atom. The molecule has 0 atom stereocenters. The van der Waals surface area contributed by atoms with Crippen LogP contribution in [0, 0.1) is 11.8 Å². The number of ether oxygens (including phenoxy) is 2. The molecule has 0 spiro atoms. The molecule has 0 radical (unpaired) electrons. The molecule has 12 nitrogen and oxygen atoms in total. The third-order valence-corrected chi connectivity index (χ3v) is 7.47. The van der Waals surface area contributed by atoms with Gasteiger partial charge in [-0.2, -0.15) is 14.6 Å². The zero-order valence-electron chi connectivity index (χ0n) is 22.1. The molecule has 1 amide bonds. The molecule has 1 saturated carbocycles. The highest BCUT2D eigenvalue weighted by molar-refractivity contribution is 7.13. The van der Waals surface area contributed by atoms with Gasteiger partial charge in [0.25, 0.3) is 5.91 Å². The number of nitrogens with zero attached hydrogens (tertiary/aromatic N) is 6. The first kappa shape index (κ1) is 28.4. The summed E-state index contributed by atoms with van der Waals surface area (Å²) < 4.78 is 42.5. The molecule has 41 heavy (non-hydrogen) atoms. The van der Waals surface area contributed by atoms with Gasteiger partial charge in [-0.25, -0.2) is 19.0 Å². The second-order valence-electron chi connectivity index (χ2n) is 9.33. The van der Waals surface area contributed by atoms with E-state index in [1.807, 2.05) is 6.92 Å². The van der Waals surface area contributed by atoms with Gasteiger partial charge < -0.3 is 20.5 Å². The fraction of sp³-hybridized carbons (Fsp3) is 0.385. The molecule has 0 unspecified atom stereocenters. The van der Waals surface area contributed by atoms with Crippen LogP contribution in [0.5, 0.6) is 0 Å². The van der Waals surface area contributed by atoms with Crippen molar-refractivity contribution in [3.8, 4) is 22.0 Å². The molecule has 0 saturated heterocycles. The molecule has 0 aromatic carbocycles. The van der Waals surface area contributed by atoms with E-state index in [9.17, 15) is 18.4 Å². The van der Waals surface area contributed by atoms with Gasteiger partial charge in [-0.15, -0.1) is 11.3 Å². The minimum Gasteiger partial charge on any atom is -0.441 e. The summed E-state index contributed by atoms with van der Waals surface area (Å²) in [5.74, 6) is -2.76. The third kappa shape index (κ3) is 6.64. The molecule has 216 valence electrons. The van der Waals surface area contributed by atoms with Crippen LogP contribution < -0.4 is 11.1 Å². The summed E-state index contributed by atoms with van der Waals surface area (Å²) in [5.41, 5.74) is 5.85. The SMILES string of the molecule is CCOC1CCC(n2cc(NC(=O)c3csc(-c4cnn(COC(=O)CN)c4)n3)c(-c3nc(F)ccc3F)n2)CC1. The average Bonchev–Trinajstić information content (AvgIpc) is 3.74. The molecule has 1 fully saturated rings. The smallest absolute Gasteiger partial charge is 0.321 e. The van der Waals surface area contributed by atoms with E-state index in [2.05, 4.69) is 25.5 Å². The molecule has 4 aromatic heterocycles. The zero-order valence-corrected chi connectivity index (χ0v) is 22.9. The molecule has 0 bridgehead atoms. The molecular weight excluding hydrogens is 558 g/mol. The Morgan fingerprint density at radius 3 is 2.71 bits per heavy atom. The summed E-state index contributed by atoms with van der Waals surface area (Å²) >= 11 is 1.21. The number of anilines is 1. The lowest BCUT2D eigenvalue weighted by Gasteiger charge is -2.28. The predicted molar refractivity (Wildman–Crippen MR) is 145 cm³/mol. The first-order chi connectivity index (χ1) is 19.8.